The van der Waals surface area contributed by atoms with Gasteiger partial charge in [-0.1, -0.05) is 35.3 Å². The molecule has 0 aromatic heterocycles. The zero-order chi connectivity index (χ0) is 28.3. The zero-order valence-corrected chi connectivity index (χ0v) is 24.8. The van der Waals surface area contributed by atoms with Gasteiger partial charge in [0.05, 0.1) is 22.1 Å². The summed E-state index contributed by atoms with van der Waals surface area (Å²) < 4.78 is 0. The summed E-state index contributed by atoms with van der Waals surface area (Å²) >= 11 is 3.29. The van der Waals surface area contributed by atoms with Crippen molar-refractivity contribution in [2.24, 2.45) is 17.6 Å². The Hall–Kier alpha value is -2.74. The fourth-order valence-corrected chi connectivity index (χ4v) is 6.49. The van der Waals surface area contributed by atoms with Gasteiger partial charge in [-0.3, -0.25) is 24.1 Å². The summed E-state index contributed by atoms with van der Waals surface area (Å²) in [4.78, 5) is 52.5. The Morgan fingerprint density at radius 3 is 2.44 bits per heavy atom. The van der Waals surface area contributed by atoms with E-state index >= 15 is 0 Å². The maximum absolute atomic E-state index is 13.7. The molecule has 0 saturated carbocycles. The number of nitrogens with one attached hydrogen (secondary N) is 1. The van der Waals surface area contributed by atoms with Crippen LogP contribution in [0.25, 0.3) is 0 Å². The molecule has 1 aromatic carbocycles. The van der Waals surface area contributed by atoms with Crippen molar-refractivity contribution in [2.45, 2.75) is 49.1 Å². The first-order valence-corrected chi connectivity index (χ1v) is 13.1. The number of phenolic OH excluding ortho intramolecular Hbond substituents is 1. The van der Waals surface area contributed by atoms with Crippen LogP contribution in [-0.2, 0) is 20.8 Å². The van der Waals surface area contributed by atoms with E-state index in [9.17, 15) is 39.6 Å². The second kappa shape index (κ2) is 11.0. The van der Waals surface area contributed by atoms with Crippen LogP contribution in [0.1, 0.15) is 42.1 Å². The molecule has 0 spiro atoms. The normalized spacial score (nSPS) is 26.9. The number of nitrogens with two attached hydrogens (primary N) is 1. The number of anilines is 1. The Bertz CT molecular complexity index is 1320. The molecule has 0 saturated heterocycles. The van der Waals surface area contributed by atoms with Gasteiger partial charge in [0.2, 0.25) is 11.7 Å². The lowest BCUT2D eigenvalue weighted by Crippen LogP contribution is -2.63. The summed E-state index contributed by atoms with van der Waals surface area (Å²) in [5.41, 5.74) is 1.82. The Kier molecular flexibility index (Phi) is 8.71. The number of rotatable bonds is 6. The van der Waals surface area contributed by atoms with Crippen LogP contribution in [0.2, 0.25) is 0 Å². The standard InChI is InChI=1S/C26H30BrN3O8.BrH/c1-4-5-13(27)25(37)29-14-7-6-10-8-11-9-12-18(30(2)3)21(33)17(24(28)36)23(35)26(12,38)22(34)16(11)20(32)15(10)19(14)31;/h6-7,11-13,18,31,33-34,38H,4-5,8-9H2,1-3H3,(H2,28,36)(H,29,37);1H/t11?,12?,13?,18-,26-;/m0./s1. The summed E-state index contributed by atoms with van der Waals surface area (Å²) in [5.74, 6) is -7.59. The highest BCUT2D eigenvalue weighted by Gasteiger charge is 2.63. The van der Waals surface area contributed by atoms with Crippen LogP contribution in [0.5, 0.6) is 5.75 Å². The first kappa shape index (κ1) is 30.8. The third-order valence-corrected chi connectivity index (χ3v) is 8.55. The third-order valence-electron chi connectivity index (χ3n) is 7.68. The molecular weight excluding hydrogens is 642 g/mol. The summed E-state index contributed by atoms with van der Waals surface area (Å²) in [6, 6.07) is 2.03. The molecule has 0 aliphatic heterocycles. The number of alkyl halides is 1. The van der Waals surface area contributed by atoms with Crippen LogP contribution in [0, 0.1) is 11.8 Å². The maximum atomic E-state index is 13.7. The number of amides is 2. The fraction of sp³-hybridized carbons (Fsp3) is 0.462. The van der Waals surface area contributed by atoms with Crippen LogP contribution in [0.15, 0.2) is 34.8 Å². The molecule has 39 heavy (non-hydrogen) atoms. The van der Waals surface area contributed by atoms with E-state index in [1.807, 2.05) is 6.92 Å². The molecule has 11 nitrogen and oxygen atoms in total. The van der Waals surface area contributed by atoms with E-state index in [0.717, 1.165) is 6.42 Å². The van der Waals surface area contributed by atoms with Crippen molar-refractivity contribution in [2.75, 3.05) is 19.4 Å². The molecule has 13 heteroatoms. The van der Waals surface area contributed by atoms with Gasteiger partial charge in [0.1, 0.15) is 17.1 Å². The van der Waals surface area contributed by atoms with Crippen LogP contribution in [0.3, 0.4) is 0 Å². The number of Topliss-reactive ketones (excluding diaryl/α,β-unsaturated/α-hetero) is 2. The molecule has 2 amide bonds. The van der Waals surface area contributed by atoms with Crippen molar-refractivity contribution >= 4 is 62.0 Å². The van der Waals surface area contributed by atoms with E-state index in [1.54, 1.807) is 20.2 Å². The summed E-state index contributed by atoms with van der Waals surface area (Å²) in [6.07, 6.45) is 1.48. The number of hydrogen-bond acceptors (Lipinski definition) is 9. The molecule has 3 aliphatic rings. The molecule has 5 atom stereocenters. The van der Waals surface area contributed by atoms with Gasteiger partial charge in [-0.25, -0.2) is 0 Å². The molecule has 4 rings (SSSR count). The monoisotopic (exact) mass is 671 g/mol. The highest BCUT2D eigenvalue weighted by molar-refractivity contribution is 9.10. The first-order chi connectivity index (χ1) is 17.8. The van der Waals surface area contributed by atoms with Crippen molar-refractivity contribution in [3.8, 4) is 5.75 Å². The molecule has 0 heterocycles. The maximum Gasteiger partial charge on any atom is 0.255 e. The number of carbonyl (C=O) groups is 4. The number of halogens is 2. The molecule has 7 N–H and O–H groups in total. The average Bonchev–Trinajstić information content (AvgIpc) is 2.82. The Morgan fingerprint density at radius 1 is 1.23 bits per heavy atom. The van der Waals surface area contributed by atoms with E-state index in [-0.39, 0.29) is 46.6 Å². The van der Waals surface area contributed by atoms with Crippen LogP contribution in [-0.4, -0.2) is 79.3 Å². The van der Waals surface area contributed by atoms with Gasteiger partial charge in [0.25, 0.3) is 5.91 Å². The predicted octanol–water partition coefficient (Wildman–Crippen LogP) is 2.20. The predicted molar refractivity (Wildman–Crippen MR) is 150 cm³/mol. The second-order valence-electron chi connectivity index (χ2n) is 10.2. The lowest BCUT2D eigenvalue weighted by molar-refractivity contribution is -0.148. The molecule has 0 radical (unpaired) electrons. The van der Waals surface area contributed by atoms with E-state index in [0.29, 0.717) is 12.0 Å². The van der Waals surface area contributed by atoms with E-state index in [1.165, 1.54) is 11.0 Å². The number of benzene rings is 1. The zero-order valence-electron chi connectivity index (χ0n) is 21.5. The number of phenols is 1. The number of allylic oxidation sites excluding steroid dienone is 1. The Morgan fingerprint density at radius 2 is 1.87 bits per heavy atom. The highest BCUT2D eigenvalue weighted by atomic mass is 79.9. The number of nitrogens with zero attached hydrogens (tertiary/aromatic N) is 1. The molecule has 3 unspecified atom stereocenters. The molecule has 1 aromatic rings. The van der Waals surface area contributed by atoms with Gasteiger partial charge >= 0.3 is 0 Å². The number of ketones is 2. The van der Waals surface area contributed by atoms with Crippen LogP contribution in [0.4, 0.5) is 5.69 Å². The van der Waals surface area contributed by atoms with Gasteiger partial charge in [-0.05, 0) is 50.9 Å². The molecule has 0 fully saturated rings. The second-order valence-corrected chi connectivity index (χ2v) is 11.3. The Labute approximate surface area is 243 Å². The number of carbonyl (C=O) groups excluding carboxylic acids is 4. The molecule has 212 valence electrons. The number of hydrogen-bond donors (Lipinski definition) is 6. The van der Waals surface area contributed by atoms with Crippen molar-refractivity contribution in [3.05, 3.63) is 45.9 Å². The van der Waals surface area contributed by atoms with Gasteiger partial charge in [-0.2, -0.15) is 0 Å². The largest absolute Gasteiger partial charge is 0.510 e. The van der Waals surface area contributed by atoms with Gasteiger partial charge in [0, 0.05) is 11.5 Å². The lowest BCUT2D eigenvalue weighted by atomic mass is 9.58. The number of fused-ring (bicyclic) bond motifs is 3. The minimum atomic E-state index is -2.70. The number of aliphatic hydroxyl groups excluding tert-OH is 2. The van der Waals surface area contributed by atoms with E-state index in [2.05, 4.69) is 21.2 Å². The highest BCUT2D eigenvalue weighted by Crippen LogP contribution is 2.52. The number of aromatic hydroxyl groups is 1. The lowest BCUT2D eigenvalue weighted by Gasteiger charge is -2.50. The van der Waals surface area contributed by atoms with Crippen molar-refractivity contribution in [3.63, 3.8) is 0 Å². The van der Waals surface area contributed by atoms with Crippen LogP contribution < -0.4 is 11.1 Å². The number of aliphatic hydroxyl groups is 3. The van der Waals surface area contributed by atoms with E-state index < -0.39 is 74.5 Å². The minimum Gasteiger partial charge on any atom is -0.510 e. The summed E-state index contributed by atoms with van der Waals surface area (Å²) in [5, 5.41) is 47.3. The third kappa shape index (κ3) is 4.68. The van der Waals surface area contributed by atoms with Gasteiger partial charge < -0.3 is 31.5 Å². The minimum absolute atomic E-state index is 0. The topological polar surface area (TPSA) is 190 Å². The molecular formula is C26H31Br2N3O8. The average molecular weight is 673 g/mol. The van der Waals surface area contributed by atoms with E-state index in [4.69, 9.17) is 5.73 Å². The Balaban J connectivity index is 0.00000420. The smallest absolute Gasteiger partial charge is 0.255 e. The number of likely N-dealkylation sites (N-methyl/N-ethyl adjacent to an activating group) is 1. The quantitative estimate of drug-likeness (QED) is 0.149. The fourth-order valence-electron chi connectivity index (χ4n) is 5.92. The molecule has 0 bridgehead atoms. The molecule has 3 aliphatic carbocycles. The van der Waals surface area contributed by atoms with Crippen molar-refractivity contribution < 1.29 is 39.6 Å². The summed E-state index contributed by atoms with van der Waals surface area (Å²) in [6.45, 7) is 1.91. The van der Waals surface area contributed by atoms with Gasteiger partial charge in [-0.15, -0.1) is 17.0 Å². The van der Waals surface area contributed by atoms with Gasteiger partial charge in [0.15, 0.2) is 17.1 Å². The van der Waals surface area contributed by atoms with Crippen LogP contribution >= 0.6 is 32.9 Å². The summed E-state index contributed by atoms with van der Waals surface area (Å²) in [7, 11) is 3.14. The van der Waals surface area contributed by atoms with Crippen molar-refractivity contribution in [1.29, 1.82) is 0 Å². The first-order valence-electron chi connectivity index (χ1n) is 12.2. The SMILES string of the molecule is Br.CCCC(Br)C(=O)Nc1ccc2c(c1O)C(=O)C1=C(O)[C@]3(O)C(=O)C(C(N)=O)=C(O)[C@@H](N(C)C)C3CC1C2. The number of primary amides is 1. The van der Waals surface area contributed by atoms with Crippen molar-refractivity contribution in [1.82, 2.24) is 4.90 Å².